The first-order valence-electron chi connectivity index (χ1n) is 6.43. The van der Waals surface area contributed by atoms with Crippen molar-refractivity contribution in [3.63, 3.8) is 0 Å². The summed E-state index contributed by atoms with van der Waals surface area (Å²) in [6.07, 6.45) is 0.960. The van der Waals surface area contributed by atoms with E-state index in [0.717, 1.165) is 0 Å². The third kappa shape index (κ3) is 6.33. The van der Waals surface area contributed by atoms with Gasteiger partial charge in [0, 0.05) is 6.42 Å². The molecule has 1 aromatic carbocycles. The number of carbonyl (C=O) groups is 2. The number of likely N-dealkylation sites (N-methyl/N-ethyl adjacent to an activating group) is 1. The average molecular weight is 333 g/mol. The second-order valence-corrected chi connectivity index (χ2v) is 5.38. The van der Waals surface area contributed by atoms with Crippen molar-refractivity contribution in [2.24, 2.45) is 0 Å². The monoisotopic (exact) mass is 332 g/mol. The van der Waals surface area contributed by atoms with Crippen LogP contribution in [0.1, 0.15) is 12.8 Å². The SMILES string of the molecule is COC(=O)CCCN(C)CC(=O)Nc1c(Cl)cccc1Cl. The molecule has 0 bridgehead atoms. The zero-order valence-corrected chi connectivity index (χ0v) is 13.5. The maximum atomic E-state index is 11.9. The summed E-state index contributed by atoms with van der Waals surface area (Å²) >= 11 is 12.0. The lowest BCUT2D eigenvalue weighted by molar-refractivity contribution is -0.140. The molecule has 0 saturated carbocycles. The van der Waals surface area contributed by atoms with Gasteiger partial charge < -0.3 is 10.1 Å². The molecule has 0 aliphatic rings. The van der Waals surface area contributed by atoms with Crippen molar-refractivity contribution in [1.82, 2.24) is 4.90 Å². The van der Waals surface area contributed by atoms with Gasteiger partial charge in [-0.2, -0.15) is 0 Å². The second kappa shape index (κ2) is 8.87. The van der Waals surface area contributed by atoms with E-state index in [9.17, 15) is 9.59 Å². The Labute approximate surface area is 134 Å². The van der Waals surface area contributed by atoms with Gasteiger partial charge in [-0.05, 0) is 32.1 Å². The molecule has 0 atom stereocenters. The van der Waals surface area contributed by atoms with Gasteiger partial charge in [0.2, 0.25) is 5.91 Å². The second-order valence-electron chi connectivity index (χ2n) is 4.56. The van der Waals surface area contributed by atoms with E-state index in [4.69, 9.17) is 23.2 Å². The molecule has 116 valence electrons. The summed E-state index contributed by atoms with van der Waals surface area (Å²) in [7, 11) is 3.15. The highest BCUT2D eigenvalue weighted by molar-refractivity contribution is 6.39. The number of ether oxygens (including phenoxy) is 1. The highest BCUT2D eigenvalue weighted by Crippen LogP contribution is 2.29. The highest BCUT2D eigenvalue weighted by atomic mass is 35.5. The number of nitrogens with zero attached hydrogens (tertiary/aromatic N) is 1. The Bertz CT molecular complexity index is 489. The summed E-state index contributed by atoms with van der Waals surface area (Å²) < 4.78 is 4.55. The van der Waals surface area contributed by atoms with Gasteiger partial charge in [-0.25, -0.2) is 0 Å². The van der Waals surface area contributed by atoms with Crippen LogP contribution in [-0.4, -0.2) is 44.0 Å². The number of nitrogens with one attached hydrogen (secondary N) is 1. The van der Waals surface area contributed by atoms with Gasteiger partial charge in [0.15, 0.2) is 0 Å². The first-order valence-corrected chi connectivity index (χ1v) is 7.19. The third-order valence-electron chi connectivity index (χ3n) is 2.79. The van der Waals surface area contributed by atoms with E-state index in [0.29, 0.717) is 35.1 Å². The largest absolute Gasteiger partial charge is 0.469 e. The first-order chi connectivity index (χ1) is 9.93. The molecular weight excluding hydrogens is 315 g/mol. The quantitative estimate of drug-likeness (QED) is 0.780. The fourth-order valence-corrected chi connectivity index (χ4v) is 2.21. The molecule has 0 fully saturated rings. The molecule has 0 heterocycles. The summed E-state index contributed by atoms with van der Waals surface area (Å²) in [5.41, 5.74) is 0.411. The lowest BCUT2D eigenvalue weighted by Crippen LogP contribution is -2.31. The van der Waals surface area contributed by atoms with Crippen LogP contribution in [0.5, 0.6) is 0 Å². The van der Waals surface area contributed by atoms with Crippen LogP contribution in [-0.2, 0) is 14.3 Å². The number of para-hydroxylation sites is 1. The molecular formula is C14H18Cl2N2O3. The molecule has 21 heavy (non-hydrogen) atoms. The lowest BCUT2D eigenvalue weighted by Gasteiger charge is -2.16. The molecule has 1 amide bonds. The standard InChI is InChI=1S/C14H18Cl2N2O3/c1-18(8-4-7-13(20)21-2)9-12(19)17-14-10(15)5-3-6-11(14)16/h3,5-6H,4,7-9H2,1-2H3,(H,17,19). The predicted octanol–water partition coefficient (Wildman–Crippen LogP) is 2.82. The average Bonchev–Trinajstić information content (AvgIpc) is 2.42. The Morgan fingerprint density at radius 3 is 2.48 bits per heavy atom. The van der Waals surface area contributed by atoms with Crippen molar-refractivity contribution in [3.05, 3.63) is 28.2 Å². The van der Waals surface area contributed by atoms with E-state index in [2.05, 4.69) is 10.1 Å². The molecule has 5 nitrogen and oxygen atoms in total. The minimum absolute atomic E-state index is 0.183. The van der Waals surface area contributed by atoms with Crippen LogP contribution < -0.4 is 5.32 Å². The fraction of sp³-hybridized carbons (Fsp3) is 0.429. The Hall–Kier alpha value is -1.30. The van der Waals surface area contributed by atoms with Crippen LogP contribution in [0.3, 0.4) is 0 Å². The van der Waals surface area contributed by atoms with Crippen LogP contribution >= 0.6 is 23.2 Å². The van der Waals surface area contributed by atoms with Crippen LogP contribution in [0, 0.1) is 0 Å². The summed E-state index contributed by atoms with van der Waals surface area (Å²) in [5, 5.41) is 3.47. The Balaban J connectivity index is 2.41. The van der Waals surface area contributed by atoms with Crippen molar-refractivity contribution in [1.29, 1.82) is 0 Å². The summed E-state index contributed by atoms with van der Waals surface area (Å²) in [5.74, 6) is -0.471. The van der Waals surface area contributed by atoms with Gasteiger partial charge in [-0.1, -0.05) is 29.3 Å². The zero-order valence-electron chi connectivity index (χ0n) is 12.0. The molecule has 1 rings (SSSR count). The number of halogens is 2. The maximum absolute atomic E-state index is 11.9. The van der Waals surface area contributed by atoms with Crippen LogP contribution in [0.4, 0.5) is 5.69 Å². The van der Waals surface area contributed by atoms with E-state index in [1.807, 2.05) is 4.90 Å². The highest BCUT2D eigenvalue weighted by Gasteiger charge is 2.12. The van der Waals surface area contributed by atoms with Gasteiger partial charge in [0.05, 0.1) is 29.4 Å². The molecule has 0 saturated heterocycles. The van der Waals surface area contributed by atoms with Crippen molar-refractivity contribution in [3.8, 4) is 0 Å². The van der Waals surface area contributed by atoms with Gasteiger partial charge in [0.1, 0.15) is 0 Å². The molecule has 0 aliphatic carbocycles. The van der Waals surface area contributed by atoms with E-state index in [1.165, 1.54) is 7.11 Å². The summed E-state index contributed by atoms with van der Waals surface area (Å²) in [6.45, 7) is 0.793. The molecule has 0 spiro atoms. The van der Waals surface area contributed by atoms with E-state index >= 15 is 0 Å². The minimum atomic E-state index is -0.254. The third-order valence-corrected chi connectivity index (χ3v) is 3.42. The van der Waals surface area contributed by atoms with E-state index in [-0.39, 0.29) is 18.4 Å². The maximum Gasteiger partial charge on any atom is 0.305 e. The van der Waals surface area contributed by atoms with Gasteiger partial charge >= 0.3 is 5.97 Å². The Morgan fingerprint density at radius 2 is 1.90 bits per heavy atom. The Kier molecular flexibility index (Phi) is 7.50. The van der Waals surface area contributed by atoms with Crippen LogP contribution in [0.25, 0.3) is 0 Å². The van der Waals surface area contributed by atoms with E-state index < -0.39 is 0 Å². The Morgan fingerprint density at radius 1 is 1.29 bits per heavy atom. The number of methoxy groups -OCH3 is 1. The van der Waals surface area contributed by atoms with Gasteiger partial charge in [0.25, 0.3) is 0 Å². The van der Waals surface area contributed by atoms with Crippen molar-refractivity contribution < 1.29 is 14.3 Å². The molecule has 0 unspecified atom stereocenters. The molecule has 1 N–H and O–H groups in total. The van der Waals surface area contributed by atoms with Crippen molar-refractivity contribution in [2.75, 3.05) is 32.6 Å². The topological polar surface area (TPSA) is 58.6 Å². The summed E-state index contributed by atoms with van der Waals surface area (Å²) in [4.78, 5) is 24.7. The molecule has 0 radical (unpaired) electrons. The number of amides is 1. The number of benzene rings is 1. The number of rotatable bonds is 7. The number of esters is 1. The number of anilines is 1. The normalized spacial score (nSPS) is 10.5. The van der Waals surface area contributed by atoms with Crippen molar-refractivity contribution >= 4 is 40.8 Å². The zero-order chi connectivity index (χ0) is 15.8. The van der Waals surface area contributed by atoms with Gasteiger partial charge in [-0.15, -0.1) is 0 Å². The summed E-state index contributed by atoms with van der Waals surface area (Å²) in [6, 6.07) is 5.02. The fourth-order valence-electron chi connectivity index (χ4n) is 1.72. The van der Waals surface area contributed by atoms with Crippen LogP contribution in [0.15, 0.2) is 18.2 Å². The lowest BCUT2D eigenvalue weighted by atomic mass is 10.3. The van der Waals surface area contributed by atoms with E-state index in [1.54, 1.807) is 25.2 Å². The molecule has 7 heteroatoms. The molecule has 0 aliphatic heterocycles. The van der Waals surface area contributed by atoms with Crippen LogP contribution in [0.2, 0.25) is 10.0 Å². The molecule has 0 aromatic heterocycles. The molecule has 1 aromatic rings. The number of hydrogen-bond donors (Lipinski definition) is 1. The van der Waals surface area contributed by atoms with Crippen molar-refractivity contribution in [2.45, 2.75) is 12.8 Å². The first kappa shape index (κ1) is 17.8. The number of hydrogen-bond acceptors (Lipinski definition) is 4. The smallest absolute Gasteiger partial charge is 0.305 e. The predicted molar refractivity (Wildman–Crippen MR) is 83.8 cm³/mol. The minimum Gasteiger partial charge on any atom is -0.469 e. The van der Waals surface area contributed by atoms with Gasteiger partial charge in [-0.3, -0.25) is 14.5 Å². The number of carbonyl (C=O) groups excluding carboxylic acids is 2.